The average molecular weight is 242 g/mol. The standard InChI is InChI=1S/C10H12ClN3O2/c11-8-7(13-10(16)14-9(8)15)4-5-2-1-3-6(5)12/h5,12H,1-4H2,(H2,13,14,15,16). The van der Waals surface area contributed by atoms with E-state index in [0.717, 1.165) is 19.3 Å². The molecule has 1 atom stereocenters. The fourth-order valence-corrected chi connectivity index (χ4v) is 2.22. The van der Waals surface area contributed by atoms with Crippen molar-refractivity contribution in [1.29, 1.82) is 5.41 Å². The van der Waals surface area contributed by atoms with Gasteiger partial charge in [0.05, 0.1) is 0 Å². The van der Waals surface area contributed by atoms with Crippen molar-refractivity contribution in [2.45, 2.75) is 25.7 Å². The minimum Gasteiger partial charge on any atom is -0.310 e. The van der Waals surface area contributed by atoms with Gasteiger partial charge in [0.15, 0.2) is 0 Å². The number of halogens is 1. The Morgan fingerprint density at radius 3 is 2.75 bits per heavy atom. The van der Waals surface area contributed by atoms with Crippen molar-refractivity contribution >= 4 is 17.3 Å². The van der Waals surface area contributed by atoms with Gasteiger partial charge in [0.1, 0.15) is 5.02 Å². The second kappa shape index (κ2) is 4.25. The first-order valence-corrected chi connectivity index (χ1v) is 5.54. The lowest BCUT2D eigenvalue weighted by atomic mass is 10.0. The van der Waals surface area contributed by atoms with Crippen LogP contribution >= 0.6 is 11.6 Å². The summed E-state index contributed by atoms with van der Waals surface area (Å²) in [4.78, 5) is 26.9. The Morgan fingerprint density at radius 2 is 2.12 bits per heavy atom. The van der Waals surface area contributed by atoms with E-state index in [1.807, 2.05) is 0 Å². The molecular formula is C10H12ClN3O2. The Kier molecular flexibility index (Phi) is 2.96. The smallest absolute Gasteiger partial charge is 0.310 e. The number of hydrogen-bond acceptors (Lipinski definition) is 3. The molecule has 16 heavy (non-hydrogen) atoms. The van der Waals surface area contributed by atoms with Gasteiger partial charge in [-0.05, 0) is 25.7 Å². The van der Waals surface area contributed by atoms with E-state index >= 15 is 0 Å². The van der Waals surface area contributed by atoms with Crippen LogP contribution in [0.15, 0.2) is 9.59 Å². The Labute approximate surface area is 96.4 Å². The van der Waals surface area contributed by atoms with E-state index in [2.05, 4.69) is 9.97 Å². The van der Waals surface area contributed by atoms with E-state index in [-0.39, 0.29) is 10.9 Å². The van der Waals surface area contributed by atoms with Crippen LogP contribution < -0.4 is 11.2 Å². The Balaban J connectivity index is 2.31. The predicted octanol–water partition coefficient (Wildman–Crippen LogP) is 1.08. The zero-order valence-electron chi connectivity index (χ0n) is 8.60. The summed E-state index contributed by atoms with van der Waals surface area (Å²) in [5, 5.41) is 7.74. The fourth-order valence-electron chi connectivity index (χ4n) is 2.05. The van der Waals surface area contributed by atoms with E-state index in [1.165, 1.54) is 0 Å². The molecule has 0 bridgehead atoms. The van der Waals surface area contributed by atoms with E-state index in [9.17, 15) is 9.59 Å². The molecule has 5 nitrogen and oxygen atoms in total. The molecule has 1 aromatic rings. The van der Waals surface area contributed by atoms with Crippen LogP contribution in [0.2, 0.25) is 5.02 Å². The second-order valence-electron chi connectivity index (χ2n) is 4.02. The highest BCUT2D eigenvalue weighted by Gasteiger charge is 2.23. The molecule has 0 radical (unpaired) electrons. The van der Waals surface area contributed by atoms with Gasteiger partial charge in [0.2, 0.25) is 0 Å². The third kappa shape index (κ3) is 2.09. The molecule has 0 aliphatic heterocycles. The van der Waals surface area contributed by atoms with Gasteiger partial charge < -0.3 is 10.4 Å². The van der Waals surface area contributed by atoms with Crippen LogP contribution in [0.1, 0.15) is 25.0 Å². The number of aromatic nitrogens is 2. The molecule has 2 rings (SSSR count). The SMILES string of the molecule is N=C1CCCC1Cc1[nH]c(=O)[nH]c(=O)c1Cl. The van der Waals surface area contributed by atoms with E-state index in [0.29, 0.717) is 17.8 Å². The minimum atomic E-state index is -0.565. The first-order chi connectivity index (χ1) is 7.58. The van der Waals surface area contributed by atoms with Crippen molar-refractivity contribution < 1.29 is 0 Å². The summed E-state index contributed by atoms with van der Waals surface area (Å²) in [5.41, 5.74) is 0.00290. The maximum atomic E-state index is 11.3. The first-order valence-electron chi connectivity index (χ1n) is 5.16. The molecule has 86 valence electrons. The van der Waals surface area contributed by atoms with Crippen molar-refractivity contribution in [3.63, 3.8) is 0 Å². The second-order valence-corrected chi connectivity index (χ2v) is 4.40. The van der Waals surface area contributed by atoms with Gasteiger partial charge in [-0.15, -0.1) is 0 Å². The van der Waals surface area contributed by atoms with Crippen LogP contribution in [0.4, 0.5) is 0 Å². The number of aromatic amines is 2. The molecule has 0 spiro atoms. The summed E-state index contributed by atoms with van der Waals surface area (Å²) in [6.45, 7) is 0. The average Bonchev–Trinajstić information content (AvgIpc) is 2.60. The third-order valence-electron chi connectivity index (χ3n) is 2.90. The van der Waals surface area contributed by atoms with Crippen molar-refractivity contribution in [2.75, 3.05) is 0 Å². The largest absolute Gasteiger partial charge is 0.325 e. The molecule has 1 unspecified atom stereocenters. The molecule has 1 heterocycles. The van der Waals surface area contributed by atoms with E-state index in [1.54, 1.807) is 0 Å². The molecule has 6 heteroatoms. The summed E-state index contributed by atoms with van der Waals surface area (Å²) < 4.78 is 0. The van der Waals surface area contributed by atoms with Gasteiger partial charge >= 0.3 is 5.69 Å². The summed E-state index contributed by atoms with van der Waals surface area (Å²) in [5.74, 6) is 0.106. The van der Waals surface area contributed by atoms with Crippen molar-refractivity contribution in [1.82, 2.24) is 9.97 Å². The number of nitrogens with one attached hydrogen (secondary N) is 3. The fraction of sp³-hybridized carbons (Fsp3) is 0.500. The first kappa shape index (κ1) is 11.1. The summed E-state index contributed by atoms with van der Waals surface area (Å²) in [6.07, 6.45) is 3.19. The molecule has 0 saturated heterocycles. The van der Waals surface area contributed by atoms with E-state index < -0.39 is 11.2 Å². The van der Waals surface area contributed by atoms with Crippen molar-refractivity contribution in [2.24, 2.45) is 5.92 Å². The third-order valence-corrected chi connectivity index (χ3v) is 3.30. The van der Waals surface area contributed by atoms with Crippen LogP contribution in [0.25, 0.3) is 0 Å². The summed E-state index contributed by atoms with van der Waals surface area (Å²) in [7, 11) is 0. The predicted molar refractivity (Wildman–Crippen MR) is 61.5 cm³/mol. The molecular weight excluding hydrogens is 230 g/mol. The lowest BCUT2D eigenvalue weighted by molar-refractivity contribution is 0.645. The Bertz CT molecular complexity index is 532. The van der Waals surface area contributed by atoms with Gasteiger partial charge in [0.25, 0.3) is 5.56 Å². The van der Waals surface area contributed by atoms with Crippen LogP contribution in [-0.2, 0) is 6.42 Å². The Morgan fingerprint density at radius 1 is 1.38 bits per heavy atom. The molecule has 1 fully saturated rings. The summed E-state index contributed by atoms with van der Waals surface area (Å²) in [6, 6.07) is 0. The molecule has 3 N–H and O–H groups in total. The van der Waals surface area contributed by atoms with Crippen LogP contribution in [0, 0.1) is 11.3 Å². The quantitative estimate of drug-likeness (QED) is 0.723. The summed E-state index contributed by atoms with van der Waals surface area (Å²) >= 11 is 5.81. The van der Waals surface area contributed by atoms with Crippen molar-refractivity contribution in [3.05, 3.63) is 31.6 Å². The lowest BCUT2D eigenvalue weighted by Gasteiger charge is -2.09. The van der Waals surface area contributed by atoms with Crippen LogP contribution in [0.5, 0.6) is 0 Å². The van der Waals surface area contributed by atoms with Gasteiger partial charge in [-0.1, -0.05) is 11.6 Å². The molecule has 0 amide bonds. The number of hydrogen-bond donors (Lipinski definition) is 3. The normalized spacial score (nSPS) is 20.3. The number of H-pyrrole nitrogens is 2. The molecule has 1 aliphatic carbocycles. The van der Waals surface area contributed by atoms with Gasteiger partial charge in [0, 0.05) is 17.3 Å². The van der Waals surface area contributed by atoms with Crippen LogP contribution in [-0.4, -0.2) is 15.7 Å². The van der Waals surface area contributed by atoms with Gasteiger partial charge in [-0.3, -0.25) is 9.78 Å². The topological polar surface area (TPSA) is 89.6 Å². The van der Waals surface area contributed by atoms with Crippen LogP contribution in [0.3, 0.4) is 0 Å². The molecule has 0 aromatic carbocycles. The van der Waals surface area contributed by atoms with Crippen molar-refractivity contribution in [3.8, 4) is 0 Å². The van der Waals surface area contributed by atoms with Gasteiger partial charge in [-0.2, -0.15) is 0 Å². The Hall–Kier alpha value is -1.36. The zero-order chi connectivity index (χ0) is 11.7. The highest BCUT2D eigenvalue weighted by atomic mass is 35.5. The molecule has 1 aliphatic rings. The molecule has 1 aromatic heterocycles. The highest BCUT2D eigenvalue weighted by molar-refractivity contribution is 6.31. The number of rotatable bonds is 2. The molecule has 1 saturated carbocycles. The zero-order valence-corrected chi connectivity index (χ0v) is 9.36. The van der Waals surface area contributed by atoms with Gasteiger partial charge in [-0.25, -0.2) is 4.79 Å². The lowest BCUT2D eigenvalue weighted by Crippen LogP contribution is -2.26. The van der Waals surface area contributed by atoms with E-state index in [4.69, 9.17) is 17.0 Å². The maximum absolute atomic E-state index is 11.3. The maximum Gasteiger partial charge on any atom is 0.325 e. The minimum absolute atomic E-state index is 0.0271. The monoisotopic (exact) mass is 241 g/mol. The highest BCUT2D eigenvalue weighted by Crippen LogP contribution is 2.25.